The van der Waals surface area contributed by atoms with Crippen LogP contribution >= 0.6 is 0 Å². The molecule has 3 N–H and O–H groups in total. The van der Waals surface area contributed by atoms with Gasteiger partial charge in [0, 0.05) is 12.2 Å². The predicted molar refractivity (Wildman–Crippen MR) is 71.0 cm³/mol. The maximum Gasteiger partial charge on any atom is 0.295 e. The van der Waals surface area contributed by atoms with Gasteiger partial charge in [0.15, 0.2) is 5.58 Å². The minimum absolute atomic E-state index is 0.581. The van der Waals surface area contributed by atoms with E-state index in [4.69, 9.17) is 10.2 Å². The molecule has 0 aliphatic heterocycles. The van der Waals surface area contributed by atoms with E-state index in [1.54, 1.807) is 0 Å². The fraction of sp³-hybridized carbons (Fsp3) is 0.462. The third kappa shape index (κ3) is 2.70. The van der Waals surface area contributed by atoms with Gasteiger partial charge < -0.3 is 15.5 Å². The molecule has 0 saturated carbocycles. The summed E-state index contributed by atoms with van der Waals surface area (Å²) in [6.45, 7) is 5.29. The molecule has 0 saturated heterocycles. The maximum atomic E-state index is 5.70. The van der Waals surface area contributed by atoms with Crippen LogP contribution in [0.2, 0.25) is 0 Å². The largest absolute Gasteiger partial charge is 0.424 e. The summed E-state index contributed by atoms with van der Waals surface area (Å²) in [7, 11) is 0. The Morgan fingerprint density at radius 3 is 2.82 bits per heavy atom. The van der Waals surface area contributed by atoms with Gasteiger partial charge in [-0.3, -0.25) is 0 Å². The second kappa shape index (κ2) is 5.08. The minimum atomic E-state index is 0.581. The van der Waals surface area contributed by atoms with Crippen molar-refractivity contribution < 1.29 is 4.42 Å². The number of benzene rings is 1. The van der Waals surface area contributed by atoms with Crippen molar-refractivity contribution in [1.82, 2.24) is 4.98 Å². The number of nitrogens with zero attached hydrogens (tertiary/aromatic N) is 1. The zero-order valence-corrected chi connectivity index (χ0v) is 10.4. The molecule has 0 aliphatic rings. The Balaban J connectivity index is 2.09. The maximum absolute atomic E-state index is 5.70. The molecule has 1 aromatic carbocycles. The van der Waals surface area contributed by atoms with Crippen molar-refractivity contribution >= 4 is 22.8 Å². The highest BCUT2D eigenvalue weighted by Crippen LogP contribution is 2.21. The lowest BCUT2D eigenvalue weighted by molar-refractivity contribution is 0.507. The molecule has 0 atom stereocenters. The summed E-state index contributed by atoms with van der Waals surface area (Å²) < 4.78 is 5.58. The Morgan fingerprint density at radius 2 is 2.12 bits per heavy atom. The average molecular weight is 233 g/mol. The van der Waals surface area contributed by atoms with E-state index in [1.165, 1.54) is 0 Å². The highest BCUT2D eigenvalue weighted by atomic mass is 16.4. The third-order valence-electron chi connectivity index (χ3n) is 3.11. The van der Waals surface area contributed by atoms with Gasteiger partial charge in [-0.1, -0.05) is 26.7 Å². The van der Waals surface area contributed by atoms with Crippen LogP contribution in [0.5, 0.6) is 0 Å². The molecule has 0 radical (unpaired) electrons. The smallest absolute Gasteiger partial charge is 0.295 e. The first-order valence-electron chi connectivity index (χ1n) is 6.12. The number of rotatable bonds is 5. The molecule has 0 bridgehead atoms. The van der Waals surface area contributed by atoms with E-state index in [2.05, 4.69) is 24.1 Å². The molecule has 1 aromatic heterocycles. The first kappa shape index (κ1) is 11.8. The van der Waals surface area contributed by atoms with Crippen LogP contribution in [0.15, 0.2) is 22.6 Å². The van der Waals surface area contributed by atoms with Gasteiger partial charge in [0.1, 0.15) is 5.52 Å². The van der Waals surface area contributed by atoms with Gasteiger partial charge in [-0.15, -0.1) is 0 Å². The van der Waals surface area contributed by atoms with Crippen molar-refractivity contribution in [3.05, 3.63) is 18.2 Å². The van der Waals surface area contributed by atoms with Gasteiger partial charge in [0.05, 0.1) is 0 Å². The van der Waals surface area contributed by atoms with Crippen molar-refractivity contribution in [1.29, 1.82) is 0 Å². The Morgan fingerprint density at radius 1 is 1.35 bits per heavy atom. The number of nitrogens with two attached hydrogens (primary N) is 1. The van der Waals surface area contributed by atoms with Crippen LogP contribution in [0.4, 0.5) is 11.7 Å². The highest BCUT2D eigenvalue weighted by Gasteiger charge is 2.08. The zero-order valence-electron chi connectivity index (χ0n) is 10.4. The molecule has 0 unspecified atom stereocenters. The van der Waals surface area contributed by atoms with E-state index in [-0.39, 0.29) is 0 Å². The molecule has 2 rings (SSSR count). The second-order valence-corrected chi connectivity index (χ2v) is 4.31. The lowest BCUT2D eigenvalue weighted by atomic mass is 10.0. The summed E-state index contributed by atoms with van der Waals surface area (Å²) >= 11 is 0. The number of oxazole rings is 1. The van der Waals surface area contributed by atoms with Gasteiger partial charge >= 0.3 is 0 Å². The Kier molecular flexibility index (Phi) is 3.52. The molecule has 17 heavy (non-hydrogen) atoms. The van der Waals surface area contributed by atoms with Gasteiger partial charge in [-0.05, 0) is 24.1 Å². The van der Waals surface area contributed by atoms with Crippen LogP contribution in [0.3, 0.4) is 0 Å². The fourth-order valence-corrected chi connectivity index (χ4v) is 1.83. The number of hydrogen-bond acceptors (Lipinski definition) is 4. The standard InChI is InChI=1S/C13H19N3O/c1-3-9(4-2)8-15-13-16-11-7-10(14)5-6-12(11)17-13/h5-7,9H,3-4,8,14H2,1-2H3,(H,15,16). The molecule has 1 heterocycles. The van der Waals surface area contributed by atoms with E-state index >= 15 is 0 Å². The van der Waals surface area contributed by atoms with Crippen LogP contribution in [0, 0.1) is 5.92 Å². The number of anilines is 2. The van der Waals surface area contributed by atoms with Crippen LogP contribution in [-0.2, 0) is 0 Å². The van der Waals surface area contributed by atoms with Crippen molar-refractivity contribution in [3.63, 3.8) is 0 Å². The second-order valence-electron chi connectivity index (χ2n) is 4.31. The number of nitrogen functional groups attached to an aromatic ring is 1. The summed E-state index contributed by atoms with van der Waals surface area (Å²) in [5.74, 6) is 0.662. The lowest BCUT2D eigenvalue weighted by Gasteiger charge is -2.11. The first-order valence-corrected chi connectivity index (χ1v) is 6.12. The van der Waals surface area contributed by atoms with Gasteiger partial charge in [-0.2, -0.15) is 4.98 Å². The zero-order chi connectivity index (χ0) is 12.3. The van der Waals surface area contributed by atoms with Gasteiger partial charge in [0.25, 0.3) is 6.01 Å². The van der Waals surface area contributed by atoms with Gasteiger partial charge in [0.2, 0.25) is 0 Å². The molecular formula is C13H19N3O. The summed E-state index contributed by atoms with van der Waals surface area (Å²) in [5, 5.41) is 3.24. The average Bonchev–Trinajstić information content (AvgIpc) is 2.72. The molecule has 92 valence electrons. The van der Waals surface area contributed by atoms with Crippen molar-refractivity contribution in [2.75, 3.05) is 17.6 Å². The van der Waals surface area contributed by atoms with Crippen molar-refractivity contribution in [2.24, 2.45) is 5.92 Å². The predicted octanol–water partition coefficient (Wildman–Crippen LogP) is 3.26. The minimum Gasteiger partial charge on any atom is -0.424 e. The van der Waals surface area contributed by atoms with Crippen molar-refractivity contribution in [2.45, 2.75) is 26.7 Å². The normalized spacial score (nSPS) is 11.2. The summed E-state index contributed by atoms with van der Waals surface area (Å²) in [6.07, 6.45) is 2.33. The molecule has 0 amide bonds. The summed E-state index contributed by atoms with van der Waals surface area (Å²) in [4.78, 5) is 4.36. The third-order valence-corrected chi connectivity index (χ3v) is 3.11. The number of nitrogens with one attached hydrogen (secondary N) is 1. The topological polar surface area (TPSA) is 64.1 Å². The van der Waals surface area contributed by atoms with E-state index in [9.17, 15) is 0 Å². The number of hydrogen-bond donors (Lipinski definition) is 2. The Bertz CT molecular complexity index is 488. The summed E-state index contributed by atoms with van der Waals surface area (Å²) in [5.41, 5.74) is 7.97. The molecule has 2 aromatic rings. The molecule has 4 heteroatoms. The first-order chi connectivity index (χ1) is 8.22. The van der Waals surface area contributed by atoms with E-state index in [0.717, 1.165) is 30.5 Å². The molecule has 0 fully saturated rings. The van der Waals surface area contributed by atoms with E-state index in [0.29, 0.717) is 17.6 Å². The van der Waals surface area contributed by atoms with Crippen molar-refractivity contribution in [3.8, 4) is 0 Å². The molecule has 4 nitrogen and oxygen atoms in total. The monoisotopic (exact) mass is 233 g/mol. The fourth-order valence-electron chi connectivity index (χ4n) is 1.83. The summed E-state index contributed by atoms with van der Waals surface area (Å²) in [6, 6.07) is 6.07. The molecular weight excluding hydrogens is 214 g/mol. The van der Waals surface area contributed by atoms with Crippen LogP contribution in [0.1, 0.15) is 26.7 Å². The van der Waals surface area contributed by atoms with Crippen LogP contribution in [-0.4, -0.2) is 11.5 Å². The van der Waals surface area contributed by atoms with Gasteiger partial charge in [-0.25, -0.2) is 0 Å². The van der Waals surface area contributed by atoms with Crippen LogP contribution < -0.4 is 11.1 Å². The highest BCUT2D eigenvalue weighted by molar-refractivity contribution is 5.78. The number of fused-ring (bicyclic) bond motifs is 1. The van der Waals surface area contributed by atoms with E-state index in [1.807, 2.05) is 18.2 Å². The lowest BCUT2D eigenvalue weighted by Crippen LogP contribution is -2.12. The van der Waals surface area contributed by atoms with E-state index < -0.39 is 0 Å². The Labute approximate surface area is 101 Å². The molecule has 0 aliphatic carbocycles. The quantitative estimate of drug-likeness (QED) is 0.778. The molecule has 0 spiro atoms. The Hall–Kier alpha value is -1.71. The number of aromatic nitrogens is 1. The SMILES string of the molecule is CCC(CC)CNc1nc2cc(N)ccc2o1. The van der Waals surface area contributed by atoms with Crippen LogP contribution in [0.25, 0.3) is 11.1 Å².